The van der Waals surface area contributed by atoms with Gasteiger partial charge < -0.3 is 10.2 Å². The molecule has 0 spiro atoms. The Bertz CT molecular complexity index is 763. The van der Waals surface area contributed by atoms with Crippen molar-refractivity contribution in [3.05, 3.63) is 59.7 Å². The van der Waals surface area contributed by atoms with Gasteiger partial charge in [-0.15, -0.1) is 11.3 Å². The molecule has 2 atom stereocenters. The Labute approximate surface area is 144 Å². The number of nitrogens with zero attached hydrogens (tertiary/aromatic N) is 1. The number of aromatic nitrogens is 1. The number of benzene rings is 2. The van der Waals surface area contributed by atoms with E-state index in [0.717, 1.165) is 25.7 Å². The lowest BCUT2D eigenvalue weighted by Gasteiger charge is -2.29. The Morgan fingerprint density at radius 2 is 1.87 bits per heavy atom. The number of aliphatic hydroxyl groups is 2. The van der Waals surface area contributed by atoms with Crippen LogP contribution in [0.25, 0.3) is 10.2 Å². The summed E-state index contributed by atoms with van der Waals surface area (Å²) in [7, 11) is 0. The van der Waals surface area contributed by atoms with Gasteiger partial charge in [-0.1, -0.05) is 53.7 Å². The third-order valence-electron chi connectivity index (χ3n) is 3.92. The molecular weight excluding hydrogens is 326 g/mol. The van der Waals surface area contributed by atoms with Gasteiger partial charge in [-0.25, -0.2) is 4.98 Å². The van der Waals surface area contributed by atoms with E-state index in [-0.39, 0.29) is 0 Å². The number of rotatable bonds is 5. The summed E-state index contributed by atoms with van der Waals surface area (Å²) in [5.41, 5.74) is 1.54. The number of thioether (sulfide) groups is 1. The first-order chi connectivity index (χ1) is 11.0. The maximum absolute atomic E-state index is 10.7. The van der Waals surface area contributed by atoms with Crippen LogP contribution in [0.4, 0.5) is 0 Å². The number of hydrogen-bond acceptors (Lipinski definition) is 5. The molecule has 1 heterocycles. The Morgan fingerprint density at radius 1 is 1.17 bits per heavy atom. The highest BCUT2D eigenvalue weighted by atomic mass is 32.2. The van der Waals surface area contributed by atoms with Gasteiger partial charge in [0.05, 0.1) is 16.3 Å². The van der Waals surface area contributed by atoms with Gasteiger partial charge in [0.25, 0.3) is 0 Å². The molecule has 120 valence electrons. The zero-order chi connectivity index (χ0) is 16.4. The van der Waals surface area contributed by atoms with Gasteiger partial charge in [0, 0.05) is 5.75 Å². The number of fused-ring (bicyclic) bond motifs is 1. The van der Waals surface area contributed by atoms with E-state index in [4.69, 9.17) is 0 Å². The minimum Gasteiger partial charge on any atom is -0.389 e. The highest BCUT2D eigenvalue weighted by molar-refractivity contribution is 8.01. The van der Waals surface area contributed by atoms with Crippen molar-refractivity contribution < 1.29 is 10.2 Å². The Balaban J connectivity index is 1.70. The van der Waals surface area contributed by atoms with Gasteiger partial charge in [-0.05, 0) is 31.5 Å². The van der Waals surface area contributed by atoms with Crippen molar-refractivity contribution in [2.45, 2.75) is 29.9 Å². The molecule has 3 nitrogen and oxygen atoms in total. The number of hydrogen-bond donors (Lipinski definition) is 2. The fourth-order valence-electron chi connectivity index (χ4n) is 2.31. The first-order valence-electron chi connectivity index (χ1n) is 7.43. The molecule has 0 amide bonds. The third-order valence-corrected chi connectivity index (χ3v) is 6.18. The highest BCUT2D eigenvalue weighted by Crippen LogP contribution is 2.33. The molecule has 5 heteroatoms. The lowest BCUT2D eigenvalue weighted by Crippen LogP contribution is -2.38. The van der Waals surface area contributed by atoms with Gasteiger partial charge in [-0.2, -0.15) is 0 Å². The molecule has 0 fully saturated rings. The van der Waals surface area contributed by atoms with E-state index in [0.29, 0.717) is 5.75 Å². The molecule has 3 rings (SSSR count). The summed E-state index contributed by atoms with van der Waals surface area (Å²) in [6, 6.07) is 15.6. The van der Waals surface area contributed by atoms with E-state index in [1.165, 1.54) is 11.8 Å². The predicted molar refractivity (Wildman–Crippen MR) is 97.1 cm³/mol. The van der Waals surface area contributed by atoms with Crippen LogP contribution >= 0.6 is 23.1 Å². The minimum absolute atomic E-state index is 0.390. The highest BCUT2D eigenvalue weighted by Gasteiger charge is 2.32. The minimum atomic E-state index is -1.28. The standard InChI is InChI=1S/C18H19NO2S2/c1-12-7-9-13(10-8-12)18(2,21)16(20)11-22-17-19-14-5-3-4-6-15(14)23-17/h3-10,16,20-21H,11H2,1-2H3/t16-,18-/m1/s1. The molecule has 0 unspecified atom stereocenters. The van der Waals surface area contributed by atoms with Crippen LogP contribution in [0.1, 0.15) is 18.1 Å². The molecular formula is C18H19NO2S2. The zero-order valence-electron chi connectivity index (χ0n) is 13.1. The van der Waals surface area contributed by atoms with E-state index in [1.54, 1.807) is 18.3 Å². The first-order valence-corrected chi connectivity index (χ1v) is 9.23. The van der Waals surface area contributed by atoms with E-state index < -0.39 is 11.7 Å². The average Bonchev–Trinajstić information content (AvgIpc) is 2.95. The molecule has 0 bridgehead atoms. The summed E-state index contributed by atoms with van der Waals surface area (Å²) >= 11 is 3.08. The number of aliphatic hydroxyl groups excluding tert-OH is 1. The number of thiazole rings is 1. The molecule has 23 heavy (non-hydrogen) atoms. The summed E-state index contributed by atoms with van der Waals surface area (Å²) in [6.45, 7) is 3.65. The second-order valence-corrected chi connectivity index (χ2v) is 8.09. The van der Waals surface area contributed by atoms with Crippen molar-refractivity contribution in [2.24, 2.45) is 0 Å². The van der Waals surface area contributed by atoms with Gasteiger partial charge >= 0.3 is 0 Å². The summed E-state index contributed by atoms with van der Waals surface area (Å²) in [5, 5.41) is 21.1. The van der Waals surface area contributed by atoms with Crippen LogP contribution in [-0.4, -0.2) is 27.1 Å². The van der Waals surface area contributed by atoms with Gasteiger partial charge in [0.1, 0.15) is 5.60 Å². The van der Waals surface area contributed by atoms with Crippen LogP contribution in [0.15, 0.2) is 52.9 Å². The summed E-state index contributed by atoms with van der Waals surface area (Å²) < 4.78 is 2.04. The van der Waals surface area contributed by atoms with E-state index in [9.17, 15) is 10.2 Å². The van der Waals surface area contributed by atoms with Crippen molar-refractivity contribution in [2.75, 3.05) is 5.75 Å². The molecule has 0 saturated carbocycles. The fourth-order valence-corrected chi connectivity index (χ4v) is 4.50. The molecule has 0 saturated heterocycles. The fraction of sp³-hybridized carbons (Fsp3) is 0.278. The van der Waals surface area contributed by atoms with Crippen LogP contribution < -0.4 is 0 Å². The summed E-state index contributed by atoms with van der Waals surface area (Å²) in [5.74, 6) is 0.390. The molecule has 0 aliphatic heterocycles. The second-order valence-electron chi connectivity index (χ2n) is 5.79. The maximum Gasteiger partial charge on any atom is 0.151 e. The van der Waals surface area contributed by atoms with Crippen LogP contribution in [-0.2, 0) is 5.60 Å². The summed E-state index contributed by atoms with van der Waals surface area (Å²) in [6.07, 6.45) is -0.873. The average molecular weight is 345 g/mol. The van der Waals surface area contributed by atoms with Crippen LogP contribution in [0.2, 0.25) is 0 Å². The summed E-state index contributed by atoms with van der Waals surface area (Å²) in [4.78, 5) is 4.54. The quantitative estimate of drug-likeness (QED) is 0.687. The zero-order valence-corrected chi connectivity index (χ0v) is 14.7. The first kappa shape index (κ1) is 16.5. The molecule has 1 aromatic heterocycles. The maximum atomic E-state index is 10.7. The Morgan fingerprint density at radius 3 is 2.57 bits per heavy atom. The molecule has 0 aliphatic rings. The van der Waals surface area contributed by atoms with Crippen molar-refractivity contribution in [3.8, 4) is 0 Å². The molecule has 3 aromatic rings. The number of para-hydroxylation sites is 1. The molecule has 0 radical (unpaired) electrons. The van der Waals surface area contributed by atoms with Crippen LogP contribution in [0, 0.1) is 6.92 Å². The lowest BCUT2D eigenvalue weighted by molar-refractivity contribution is -0.0544. The Kier molecular flexibility index (Phi) is 4.73. The largest absolute Gasteiger partial charge is 0.389 e. The van der Waals surface area contributed by atoms with E-state index >= 15 is 0 Å². The van der Waals surface area contributed by atoms with Gasteiger partial charge in [0.2, 0.25) is 0 Å². The molecule has 2 aromatic carbocycles. The van der Waals surface area contributed by atoms with Crippen molar-refractivity contribution in [1.82, 2.24) is 4.98 Å². The van der Waals surface area contributed by atoms with E-state index in [2.05, 4.69) is 4.98 Å². The SMILES string of the molecule is Cc1ccc([C@@](C)(O)[C@H](O)CSc2nc3ccccc3s2)cc1. The predicted octanol–water partition coefficient (Wildman–Crippen LogP) is 3.97. The smallest absolute Gasteiger partial charge is 0.151 e. The Hall–Kier alpha value is -1.40. The normalized spacial score (nSPS) is 15.5. The molecule has 0 aliphatic carbocycles. The lowest BCUT2D eigenvalue weighted by atomic mass is 9.90. The van der Waals surface area contributed by atoms with Gasteiger partial charge in [0.15, 0.2) is 4.34 Å². The van der Waals surface area contributed by atoms with Crippen LogP contribution in [0.5, 0.6) is 0 Å². The monoisotopic (exact) mass is 345 g/mol. The van der Waals surface area contributed by atoms with Crippen molar-refractivity contribution in [1.29, 1.82) is 0 Å². The van der Waals surface area contributed by atoms with E-state index in [1.807, 2.05) is 55.5 Å². The van der Waals surface area contributed by atoms with Crippen molar-refractivity contribution in [3.63, 3.8) is 0 Å². The van der Waals surface area contributed by atoms with Gasteiger partial charge in [-0.3, -0.25) is 0 Å². The number of aryl methyl sites for hydroxylation is 1. The van der Waals surface area contributed by atoms with Crippen LogP contribution in [0.3, 0.4) is 0 Å². The van der Waals surface area contributed by atoms with Crippen molar-refractivity contribution >= 4 is 33.3 Å². The molecule has 2 N–H and O–H groups in total. The third kappa shape index (κ3) is 3.58. The topological polar surface area (TPSA) is 53.4 Å². The second kappa shape index (κ2) is 6.61.